The van der Waals surface area contributed by atoms with Crippen LogP contribution in [0.4, 0.5) is 0 Å². The van der Waals surface area contributed by atoms with Gasteiger partial charge in [-0.2, -0.15) is 0 Å². The molecule has 6 heavy (non-hydrogen) atoms. The van der Waals surface area contributed by atoms with Gasteiger partial charge in [0.05, 0.1) is 0 Å². The van der Waals surface area contributed by atoms with Gasteiger partial charge in [-0.25, -0.2) is 0 Å². The van der Waals surface area contributed by atoms with Gasteiger partial charge in [0.25, 0.3) is 0 Å². The van der Waals surface area contributed by atoms with E-state index in [1.165, 1.54) is 6.16 Å². The quantitative estimate of drug-likeness (QED) is 0.400. The van der Waals surface area contributed by atoms with Gasteiger partial charge in [0.15, 0.2) is 0 Å². The van der Waals surface area contributed by atoms with Crippen molar-refractivity contribution in [3.63, 3.8) is 0 Å². The lowest BCUT2D eigenvalue weighted by atomic mass is 11.0. The molecule has 0 aliphatic rings. The van der Waals surface area contributed by atoms with Crippen LogP contribution in [-0.2, 0) is 0 Å². The molecule has 0 aromatic rings. The lowest BCUT2D eigenvalue weighted by Crippen LogP contribution is -1.76. The Morgan fingerprint density at radius 3 is 2.17 bits per heavy atom. The van der Waals surface area contributed by atoms with Gasteiger partial charge in [-0.1, -0.05) is 6.92 Å². The van der Waals surface area contributed by atoms with Crippen LogP contribution >= 0.6 is 38.7 Å². The van der Waals surface area contributed by atoms with Gasteiger partial charge in [-0.05, 0) is 6.16 Å². The second kappa shape index (κ2) is 4.76. The molecule has 0 nitrogen and oxygen atoms in total. The highest BCUT2D eigenvalue weighted by molar-refractivity contribution is 9.52. The lowest BCUT2D eigenvalue weighted by molar-refractivity contribution is 1.53. The van der Waals surface area contributed by atoms with E-state index < -0.39 is 5.70 Å². The summed E-state index contributed by atoms with van der Waals surface area (Å²) in [6.07, 6.45) is 1.33. The van der Waals surface area contributed by atoms with E-state index >= 15 is 0 Å². The van der Waals surface area contributed by atoms with E-state index in [0.717, 1.165) is 8.13 Å². The molecule has 0 heterocycles. The van der Waals surface area contributed by atoms with Gasteiger partial charge in [0, 0.05) is 0 Å². The van der Waals surface area contributed by atoms with Crippen molar-refractivity contribution in [2.45, 2.75) is 6.92 Å². The molecule has 0 aliphatic heterocycles. The van der Waals surface area contributed by atoms with Gasteiger partial charge >= 0.3 is 0 Å². The number of rotatable bonds is 2. The normalized spacial score (nSPS) is 12.0. The fourth-order valence-corrected chi connectivity index (χ4v) is 7.22. The molecule has 0 bridgehead atoms. The highest BCUT2D eigenvalue weighted by Gasteiger charge is 1.93. The minimum atomic E-state index is -0.518. The van der Waals surface area contributed by atoms with Crippen LogP contribution in [0.15, 0.2) is 0 Å². The van der Waals surface area contributed by atoms with Crippen LogP contribution in [0, 0.1) is 0 Å². The van der Waals surface area contributed by atoms with Crippen molar-refractivity contribution < 1.29 is 0 Å². The van der Waals surface area contributed by atoms with Crippen LogP contribution in [0.2, 0.25) is 0 Å². The Labute approximate surface area is 57.5 Å². The molecule has 0 radical (unpaired) electrons. The van der Waals surface area contributed by atoms with E-state index in [1.807, 2.05) is 0 Å². The Kier molecular flexibility index (Phi) is 6.03. The van der Waals surface area contributed by atoms with Crippen molar-refractivity contribution in [2.75, 3.05) is 6.16 Å². The molecule has 0 aliphatic carbocycles. The first kappa shape index (κ1) is 7.61. The summed E-state index contributed by atoms with van der Waals surface area (Å²) < 4.78 is 0. The van der Waals surface area contributed by atoms with Crippen molar-refractivity contribution in [3.8, 4) is 0 Å². The summed E-state index contributed by atoms with van der Waals surface area (Å²) in [5.41, 5.74) is -0.518. The lowest BCUT2D eigenvalue weighted by Gasteiger charge is -1.89. The molecule has 0 amide bonds. The Morgan fingerprint density at radius 2 is 2.17 bits per heavy atom. The molecule has 0 N–H and O–H groups in total. The smallest absolute Gasteiger partial charge is 0.114 e. The average molecular weight is 250 g/mol. The van der Waals surface area contributed by atoms with E-state index in [-0.39, 0.29) is 0 Å². The molecular weight excluding hydrogens is 243 g/mol. The Morgan fingerprint density at radius 1 is 1.67 bits per heavy atom. The van der Waals surface area contributed by atoms with Gasteiger partial charge in [-0.15, -0.1) is 38.7 Å². The monoisotopic (exact) mass is 248 g/mol. The Bertz CT molecular complexity index is 32.7. The number of hydrogen-bond acceptors (Lipinski definition) is 0. The zero-order valence-corrected chi connectivity index (χ0v) is 8.87. The second-order valence-electron chi connectivity index (χ2n) is 0.858. The van der Waals surface area contributed by atoms with Crippen molar-refractivity contribution >= 4 is 44.4 Å². The fraction of sp³-hybridized carbons (Fsp3) is 1.00. The van der Waals surface area contributed by atoms with Crippen molar-refractivity contribution in [1.82, 2.24) is 0 Å². The van der Waals surface area contributed by atoms with Gasteiger partial charge < -0.3 is 0 Å². The zero-order chi connectivity index (χ0) is 4.99. The molecule has 4 heteroatoms. The van der Waals surface area contributed by atoms with Crippen LogP contribution in [0.1, 0.15) is 6.92 Å². The van der Waals surface area contributed by atoms with Crippen LogP contribution in [0.5, 0.6) is 0 Å². The summed E-state index contributed by atoms with van der Waals surface area (Å²) in [6.45, 7) is 2.21. The molecule has 0 fully saturated rings. The second-order valence-corrected chi connectivity index (χ2v) is 19.8. The van der Waals surface area contributed by atoms with Crippen LogP contribution in [0.25, 0.3) is 0 Å². The summed E-state index contributed by atoms with van der Waals surface area (Å²) in [4.78, 5) is 0. The van der Waals surface area contributed by atoms with Crippen LogP contribution < -0.4 is 0 Å². The highest BCUT2D eigenvalue weighted by Crippen LogP contribution is 2.23. The maximum absolute atomic E-state index is 3.50. The molecule has 1 atom stereocenters. The summed E-state index contributed by atoms with van der Waals surface area (Å²) in [5.74, 6) is 0. The molecule has 0 aromatic heterocycles. The average Bonchev–Trinajstić information content (AvgIpc) is 1.35. The van der Waals surface area contributed by atoms with E-state index in [1.54, 1.807) is 0 Å². The molecule has 0 saturated heterocycles. The van der Waals surface area contributed by atoms with Gasteiger partial charge in [0.2, 0.25) is 5.70 Å². The summed E-state index contributed by atoms with van der Waals surface area (Å²) in [6, 6.07) is 0. The fourth-order valence-electron chi connectivity index (χ4n) is 0.154. The van der Waals surface area contributed by atoms with Crippen molar-refractivity contribution in [1.29, 1.82) is 0 Å². The number of hydrogen-bond donors (Lipinski definition) is 0. The van der Waals surface area contributed by atoms with Crippen LogP contribution in [-0.4, -0.2) is 11.9 Å². The zero-order valence-electron chi connectivity index (χ0n) is 3.54. The van der Waals surface area contributed by atoms with Crippen molar-refractivity contribution in [2.24, 2.45) is 0 Å². The summed E-state index contributed by atoms with van der Waals surface area (Å²) >= 11 is 7.00. The first-order chi connectivity index (χ1) is 2.77. The molecule has 0 saturated carbocycles. The summed E-state index contributed by atoms with van der Waals surface area (Å²) in [5, 5.41) is 0. The summed E-state index contributed by atoms with van der Waals surface area (Å²) in [7, 11) is 1.14. The molecule has 0 spiro atoms. The molecule has 38 valence electrons. The minimum absolute atomic E-state index is 0.518. The van der Waals surface area contributed by atoms with E-state index in [2.05, 4.69) is 37.5 Å². The third-order valence-corrected chi connectivity index (χ3v) is 9.05. The van der Waals surface area contributed by atoms with E-state index in [4.69, 9.17) is 0 Å². The topological polar surface area (TPSA) is 0 Å². The molecule has 0 aromatic carbocycles. The van der Waals surface area contributed by atoms with Crippen molar-refractivity contribution in [3.05, 3.63) is 0 Å². The third-order valence-electron chi connectivity index (χ3n) is 0.358. The Hall–Kier alpha value is 1.61. The predicted octanol–water partition coefficient (Wildman–Crippen LogP) is 2.19. The maximum atomic E-state index is 3.50. The maximum Gasteiger partial charge on any atom is 0.207 e. The van der Waals surface area contributed by atoms with Gasteiger partial charge in [0.1, 0.15) is 0 Å². The largest absolute Gasteiger partial charge is 0.207 e. The highest BCUT2D eigenvalue weighted by atomic mass is 79.9. The Balaban J connectivity index is 2.63. The SMILES string of the molecule is CCP[SiH](Br)Br. The minimum Gasteiger partial charge on any atom is -0.114 e. The number of halogens is 2. The first-order valence-electron chi connectivity index (χ1n) is 1.79. The van der Waals surface area contributed by atoms with E-state index in [9.17, 15) is 0 Å². The standard InChI is InChI=1S/C2H7Br2PSi/c1-2-5-6(3)4/h5-6H,2H2,1H3. The van der Waals surface area contributed by atoms with E-state index in [0.29, 0.717) is 0 Å². The predicted molar refractivity (Wildman–Crippen MR) is 43.9 cm³/mol. The molecule has 1 unspecified atom stereocenters. The molecule has 0 rings (SSSR count). The van der Waals surface area contributed by atoms with Crippen LogP contribution in [0.3, 0.4) is 0 Å². The third kappa shape index (κ3) is 5.61. The first-order valence-corrected chi connectivity index (χ1v) is 11.2. The van der Waals surface area contributed by atoms with Gasteiger partial charge in [-0.3, -0.25) is 0 Å². The molecular formula is C2H7Br2PSi.